The van der Waals surface area contributed by atoms with Crippen LogP contribution in [0.15, 0.2) is 0 Å². The monoisotopic (exact) mass is 380 g/mol. The number of hydrogen-bond donors (Lipinski definition) is 0. The number of carbonyl (C=O) groups is 2. The molecule has 152 valence electrons. The third-order valence-electron chi connectivity index (χ3n) is 6.48. The summed E-state index contributed by atoms with van der Waals surface area (Å²) in [6.07, 6.45) is 11.6. The third kappa shape index (κ3) is 5.44. The van der Waals surface area contributed by atoms with Crippen LogP contribution < -0.4 is 0 Å². The Kier molecular flexibility index (Phi) is 6.33. The van der Waals surface area contributed by atoms with Crippen LogP contribution in [0.2, 0.25) is 0 Å². The zero-order valence-corrected chi connectivity index (χ0v) is 16.1. The molecule has 2 aliphatic heterocycles. The highest BCUT2D eigenvalue weighted by molar-refractivity contribution is 5.70. The fraction of sp³-hybridized carbons (Fsp3) is 0.905. The minimum atomic E-state index is -0.128. The molecule has 6 unspecified atom stereocenters. The van der Waals surface area contributed by atoms with Gasteiger partial charge in [-0.25, -0.2) is 0 Å². The lowest BCUT2D eigenvalue weighted by Gasteiger charge is -2.18. The van der Waals surface area contributed by atoms with E-state index in [0.29, 0.717) is 62.3 Å². The molecule has 0 aromatic heterocycles. The van der Waals surface area contributed by atoms with Crippen molar-refractivity contribution in [1.82, 2.24) is 0 Å². The van der Waals surface area contributed by atoms with E-state index in [1.54, 1.807) is 0 Å². The Morgan fingerprint density at radius 2 is 1.19 bits per heavy atom. The van der Waals surface area contributed by atoms with Crippen molar-refractivity contribution < 1.29 is 28.5 Å². The lowest BCUT2D eigenvalue weighted by Crippen LogP contribution is -2.23. The highest BCUT2D eigenvalue weighted by Gasteiger charge is 2.48. The van der Waals surface area contributed by atoms with Crippen molar-refractivity contribution in [1.29, 1.82) is 0 Å². The molecule has 0 bridgehead atoms. The number of fused-ring (bicyclic) bond motifs is 2. The zero-order valence-electron chi connectivity index (χ0n) is 16.1. The van der Waals surface area contributed by atoms with E-state index in [2.05, 4.69) is 0 Å². The van der Waals surface area contributed by atoms with E-state index in [0.717, 1.165) is 44.9 Å². The van der Waals surface area contributed by atoms with E-state index in [1.165, 1.54) is 12.8 Å². The Bertz CT molecular complexity index is 489. The van der Waals surface area contributed by atoms with Gasteiger partial charge in [0.05, 0.1) is 37.6 Å². The van der Waals surface area contributed by atoms with Crippen molar-refractivity contribution >= 4 is 11.9 Å². The minimum Gasteiger partial charge on any atom is -0.465 e. The number of ether oxygens (including phenoxy) is 4. The van der Waals surface area contributed by atoms with Crippen molar-refractivity contribution in [2.24, 2.45) is 11.8 Å². The molecule has 0 spiro atoms. The summed E-state index contributed by atoms with van der Waals surface area (Å²) >= 11 is 0. The normalized spacial score (nSPS) is 36.3. The Morgan fingerprint density at radius 3 is 1.67 bits per heavy atom. The first-order valence-electron chi connectivity index (χ1n) is 10.8. The van der Waals surface area contributed by atoms with Gasteiger partial charge in [-0.2, -0.15) is 0 Å². The number of carbonyl (C=O) groups excluding carboxylic acids is 2. The van der Waals surface area contributed by atoms with Crippen molar-refractivity contribution in [3.8, 4) is 0 Å². The maximum Gasteiger partial charge on any atom is 0.305 e. The number of rotatable bonds is 10. The summed E-state index contributed by atoms with van der Waals surface area (Å²) < 4.78 is 22.0. The maximum atomic E-state index is 11.8. The van der Waals surface area contributed by atoms with Gasteiger partial charge in [0.25, 0.3) is 0 Å². The Balaban J connectivity index is 0.985. The largest absolute Gasteiger partial charge is 0.465 e. The van der Waals surface area contributed by atoms with E-state index >= 15 is 0 Å². The van der Waals surface area contributed by atoms with Gasteiger partial charge >= 0.3 is 11.9 Å². The predicted octanol–water partition coefficient (Wildman–Crippen LogP) is 3.16. The molecule has 6 nitrogen and oxygen atoms in total. The predicted molar refractivity (Wildman–Crippen MR) is 97.0 cm³/mol. The van der Waals surface area contributed by atoms with Crippen LogP contribution >= 0.6 is 0 Å². The van der Waals surface area contributed by atoms with E-state index < -0.39 is 0 Å². The number of epoxide rings is 2. The molecule has 6 heteroatoms. The van der Waals surface area contributed by atoms with E-state index in [-0.39, 0.29) is 11.9 Å². The van der Waals surface area contributed by atoms with Crippen molar-refractivity contribution in [2.75, 3.05) is 13.2 Å². The van der Waals surface area contributed by atoms with Crippen molar-refractivity contribution in [2.45, 2.75) is 95.0 Å². The molecule has 0 aromatic carbocycles. The van der Waals surface area contributed by atoms with Crippen LogP contribution in [-0.2, 0) is 28.5 Å². The van der Waals surface area contributed by atoms with Crippen LogP contribution in [0, 0.1) is 11.8 Å². The number of unbranched alkanes of at least 4 members (excludes halogenated alkanes) is 2. The molecule has 0 N–H and O–H groups in total. The molecule has 4 rings (SSSR count). The highest BCUT2D eigenvalue weighted by Crippen LogP contribution is 2.41. The summed E-state index contributed by atoms with van der Waals surface area (Å²) in [5.74, 6) is 0.527. The summed E-state index contributed by atoms with van der Waals surface area (Å²) in [6.45, 7) is 0.998. The van der Waals surface area contributed by atoms with Gasteiger partial charge in [-0.1, -0.05) is 19.3 Å². The molecule has 0 aromatic rings. The lowest BCUT2D eigenvalue weighted by molar-refractivity contribution is -0.145. The summed E-state index contributed by atoms with van der Waals surface area (Å²) in [4.78, 5) is 23.7. The average molecular weight is 380 g/mol. The Morgan fingerprint density at radius 1 is 0.704 bits per heavy atom. The van der Waals surface area contributed by atoms with Crippen LogP contribution in [0.25, 0.3) is 0 Å². The molecule has 2 heterocycles. The van der Waals surface area contributed by atoms with Gasteiger partial charge in [0.15, 0.2) is 0 Å². The molecular formula is C21H32O6. The molecular weight excluding hydrogens is 348 g/mol. The van der Waals surface area contributed by atoms with Gasteiger partial charge in [-0.05, 0) is 38.5 Å². The Labute approximate surface area is 161 Å². The average Bonchev–Trinajstić information content (AvgIpc) is 3.57. The lowest BCUT2D eigenvalue weighted by atomic mass is 9.90. The van der Waals surface area contributed by atoms with Gasteiger partial charge in [0.2, 0.25) is 0 Å². The first kappa shape index (κ1) is 19.2. The topological polar surface area (TPSA) is 77.7 Å². The van der Waals surface area contributed by atoms with Crippen molar-refractivity contribution in [3.63, 3.8) is 0 Å². The van der Waals surface area contributed by atoms with Crippen LogP contribution in [0.4, 0.5) is 0 Å². The first-order chi connectivity index (χ1) is 13.2. The standard InChI is InChI=1S/C21H32O6/c22-18(24-12-14-6-4-8-16-20(14)26-16)10-2-1-3-11-19(23)25-13-15-7-5-9-17-21(15)27-17/h14-17,20-21H,1-13H2. The van der Waals surface area contributed by atoms with Crippen molar-refractivity contribution in [3.05, 3.63) is 0 Å². The third-order valence-corrected chi connectivity index (χ3v) is 6.48. The second-order valence-electron chi connectivity index (χ2n) is 8.59. The van der Waals surface area contributed by atoms with Crippen LogP contribution in [0.5, 0.6) is 0 Å². The Hall–Kier alpha value is -1.14. The summed E-state index contributed by atoms with van der Waals surface area (Å²) in [5, 5.41) is 0. The smallest absolute Gasteiger partial charge is 0.305 e. The molecule has 0 amide bonds. The maximum absolute atomic E-state index is 11.8. The first-order valence-corrected chi connectivity index (χ1v) is 10.8. The van der Waals surface area contributed by atoms with E-state index in [4.69, 9.17) is 18.9 Å². The molecule has 2 aliphatic carbocycles. The highest BCUT2D eigenvalue weighted by atomic mass is 16.6. The van der Waals surface area contributed by atoms with Gasteiger partial charge in [0, 0.05) is 24.7 Å². The van der Waals surface area contributed by atoms with Gasteiger partial charge in [-0.15, -0.1) is 0 Å². The molecule has 6 atom stereocenters. The molecule has 0 radical (unpaired) electrons. The molecule has 27 heavy (non-hydrogen) atoms. The molecule has 4 fully saturated rings. The van der Waals surface area contributed by atoms with E-state index in [1.807, 2.05) is 0 Å². The van der Waals surface area contributed by atoms with Crippen LogP contribution in [-0.4, -0.2) is 49.6 Å². The number of esters is 2. The van der Waals surface area contributed by atoms with E-state index in [9.17, 15) is 9.59 Å². The molecule has 2 saturated heterocycles. The van der Waals surface area contributed by atoms with Gasteiger partial charge in [0.1, 0.15) is 0 Å². The fourth-order valence-corrected chi connectivity index (χ4v) is 4.71. The van der Waals surface area contributed by atoms with Gasteiger partial charge < -0.3 is 18.9 Å². The second kappa shape index (κ2) is 8.91. The van der Waals surface area contributed by atoms with Crippen LogP contribution in [0.3, 0.4) is 0 Å². The number of hydrogen-bond acceptors (Lipinski definition) is 6. The summed E-state index contributed by atoms with van der Waals surface area (Å²) in [5.41, 5.74) is 0. The zero-order chi connectivity index (χ0) is 18.6. The molecule has 2 saturated carbocycles. The summed E-state index contributed by atoms with van der Waals surface area (Å²) in [7, 11) is 0. The fourth-order valence-electron chi connectivity index (χ4n) is 4.71. The summed E-state index contributed by atoms with van der Waals surface area (Å²) in [6, 6.07) is 0. The quantitative estimate of drug-likeness (QED) is 0.329. The second-order valence-corrected chi connectivity index (χ2v) is 8.59. The van der Waals surface area contributed by atoms with Crippen LogP contribution in [0.1, 0.15) is 70.6 Å². The SMILES string of the molecule is O=C(CCCCCC(=O)OCC1CCCC2OC12)OCC1CCCC2OC12. The van der Waals surface area contributed by atoms with Gasteiger partial charge in [-0.3, -0.25) is 9.59 Å². The minimum absolute atomic E-state index is 0.128. The molecule has 4 aliphatic rings.